The first-order valence-electron chi connectivity index (χ1n) is 9.70. The number of rotatable bonds is 9. The Kier molecular flexibility index (Phi) is 7.83. The van der Waals surface area contributed by atoms with E-state index in [1.807, 2.05) is 0 Å². The molecule has 0 saturated carbocycles. The standard InChI is InChI=1S/C18H17N3O13S4/c19-13-3-1-10-7-12(36(25,26)27)8-15(22)17(10)18(13)21-20-14-4-2-11(9-16(14)37(28,29)30)35(23,24)6-5-34-38(31,32)33/h1-4,7-9,22H,5-6,19H2,(H,25,26,27)(H,28,29,30)(H,31,32,33). The van der Waals surface area contributed by atoms with E-state index >= 15 is 0 Å². The second-order valence-electron chi connectivity index (χ2n) is 7.39. The summed E-state index contributed by atoms with van der Waals surface area (Å²) in [6, 6.07) is 6.50. The van der Waals surface area contributed by atoms with E-state index in [9.17, 15) is 47.9 Å². The first-order valence-corrected chi connectivity index (χ1v) is 15.6. The van der Waals surface area contributed by atoms with Gasteiger partial charge in [-0.3, -0.25) is 13.7 Å². The van der Waals surface area contributed by atoms with Crippen LogP contribution in [-0.2, 0) is 44.7 Å². The maximum absolute atomic E-state index is 12.4. The van der Waals surface area contributed by atoms with Gasteiger partial charge in [-0.2, -0.15) is 25.3 Å². The SMILES string of the molecule is Nc1ccc2cc(S(=O)(=O)O)cc(O)c2c1N=Nc1ccc(S(=O)(=O)CCOS(=O)(=O)O)cc1S(=O)(=O)O. The van der Waals surface area contributed by atoms with E-state index in [0.717, 1.165) is 18.2 Å². The van der Waals surface area contributed by atoms with E-state index in [-0.39, 0.29) is 22.1 Å². The van der Waals surface area contributed by atoms with Gasteiger partial charge in [0.2, 0.25) is 0 Å². The molecule has 0 bridgehead atoms. The molecule has 3 rings (SSSR count). The summed E-state index contributed by atoms with van der Waals surface area (Å²) in [5.41, 5.74) is 4.93. The number of hydrogen-bond donors (Lipinski definition) is 5. The number of benzene rings is 3. The highest BCUT2D eigenvalue weighted by molar-refractivity contribution is 7.91. The molecule has 0 saturated heterocycles. The van der Waals surface area contributed by atoms with Gasteiger partial charge >= 0.3 is 10.4 Å². The number of phenolic OH excluding ortho intramolecular Hbond substituents is 1. The molecule has 38 heavy (non-hydrogen) atoms. The second-order valence-corrected chi connectivity index (χ2v) is 13.4. The number of nitrogen functional groups attached to an aromatic ring is 1. The van der Waals surface area contributed by atoms with Crippen LogP contribution in [0.25, 0.3) is 10.8 Å². The molecule has 0 atom stereocenters. The monoisotopic (exact) mass is 611 g/mol. The van der Waals surface area contributed by atoms with Crippen LogP contribution in [0.5, 0.6) is 5.75 Å². The topological polar surface area (TPSA) is 277 Å². The molecule has 16 nitrogen and oxygen atoms in total. The van der Waals surface area contributed by atoms with Gasteiger partial charge in [-0.1, -0.05) is 6.07 Å². The average molecular weight is 612 g/mol. The number of phenols is 1. The fourth-order valence-electron chi connectivity index (χ4n) is 3.12. The highest BCUT2D eigenvalue weighted by atomic mass is 32.3. The van der Waals surface area contributed by atoms with Crippen LogP contribution in [0.3, 0.4) is 0 Å². The van der Waals surface area contributed by atoms with Gasteiger partial charge in [0, 0.05) is 6.07 Å². The van der Waals surface area contributed by atoms with Crippen LogP contribution in [0.1, 0.15) is 0 Å². The van der Waals surface area contributed by atoms with Crippen LogP contribution in [-0.4, -0.2) is 64.8 Å². The molecule has 0 aromatic heterocycles. The Bertz CT molecular complexity index is 1900. The maximum atomic E-state index is 12.4. The fourth-order valence-corrected chi connectivity index (χ4v) is 5.89. The molecule has 0 fully saturated rings. The molecule has 3 aromatic rings. The predicted molar refractivity (Wildman–Crippen MR) is 130 cm³/mol. The summed E-state index contributed by atoms with van der Waals surface area (Å²) in [5.74, 6) is -1.67. The Morgan fingerprint density at radius 2 is 1.45 bits per heavy atom. The third-order valence-corrected chi connectivity index (χ3v) is 8.64. The molecule has 3 aromatic carbocycles. The number of hydrogen-bond acceptors (Lipinski definition) is 13. The van der Waals surface area contributed by atoms with Gasteiger partial charge in [-0.25, -0.2) is 12.6 Å². The zero-order chi connectivity index (χ0) is 28.7. The summed E-state index contributed by atoms with van der Waals surface area (Å²) >= 11 is 0. The molecular formula is C18H17N3O13S4. The third-order valence-electron chi connectivity index (χ3n) is 4.78. The molecule has 0 aliphatic rings. The molecule has 0 aliphatic carbocycles. The molecule has 0 aliphatic heterocycles. The maximum Gasteiger partial charge on any atom is 0.397 e. The molecule has 0 amide bonds. The quantitative estimate of drug-likeness (QED) is 0.131. The Labute approximate surface area is 215 Å². The molecule has 0 heterocycles. The summed E-state index contributed by atoms with van der Waals surface area (Å²) in [5, 5.41) is 17.7. The number of aromatic hydroxyl groups is 1. The van der Waals surface area contributed by atoms with Crippen molar-refractivity contribution in [1.82, 2.24) is 0 Å². The van der Waals surface area contributed by atoms with Crippen molar-refractivity contribution in [3.05, 3.63) is 42.5 Å². The van der Waals surface area contributed by atoms with Crippen molar-refractivity contribution >= 4 is 68.3 Å². The zero-order valence-electron chi connectivity index (χ0n) is 18.5. The summed E-state index contributed by atoms with van der Waals surface area (Å²) in [6.45, 7) is -0.993. The number of fused-ring (bicyclic) bond motifs is 1. The van der Waals surface area contributed by atoms with Gasteiger partial charge in [-0.05, 0) is 35.7 Å². The third kappa shape index (κ3) is 6.79. The second kappa shape index (κ2) is 10.1. The van der Waals surface area contributed by atoms with Crippen LogP contribution in [0.4, 0.5) is 17.1 Å². The molecule has 6 N–H and O–H groups in total. The van der Waals surface area contributed by atoms with Crippen molar-refractivity contribution in [2.45, 2.75) is 14.7 Å². The van der Waals surface area contributed by atoms with E-state index < -0.39 is 79.0 Å². The average Bonchev–Trinajstić information content (AvgIpc) is 2.76. The first kappa shape index (κ1) is 29.3. The first-order chi connectivity index (χ1) is 17.3. The number of azo groups is 1. The molecule has 206 valence electrons. The Morgan fingerprint density at radius 3 is 2.03 bits per heavy atom. The van der Waals surface area contributed by atoms with E-state index in [0.29, 0.717) is 12.1 Å². The Hall–Kier alpha value is -3.24. The number of nitrogens with two attached hydrogens (primary N) is 1. The highest BCUT2D eigenvalue weighted by Gasteiger charge is 2.23. The minimum Gasteiger partial charge on any atom is -0.507 e. The largest absolute Gasteiger partial charge is 0.507 e. The number of anilines is 1. The summed E-state index contributed by atoms with van der Waals surface area (Å²) in [6.07, 6.45) is 0. The normalized spacial score (nSPS) is 13.3. The minimum atomic E-state index is -5.11. The molecular weight excluding hydrogens is 594 g/mol. The van der Waals surface area contributed by atoms with Crippen LogP contribution in [0, 0.1) is 0 Å². The van der Waals surface area contributed by atoms with Crippen molar-refractivity contribution < 1.29 is 56.6 Å². The molecule has 0 spiro atoms. The fraction of sp³-hybridized carbons (Fsp3) is 0.111. The van der Waals surface area contributed by atoms with Crippen molar-refractivity contribution in [3.8, 4) is 5.75 Å². The summed E-state index contributed by atoms with van der Waals surface area (Å²) in [7, 11) is -19.1. The van der Waals surface area contributed by atoms with Gasteiger partial charge in [0.15, 0.2) is 9.84 Å². The van der Waals surface area contributed by atoms with Gasteiger partial charge in [0.25, 0.3) is 20.2 Å². The van der Waals surface area contributed by atoms with Crippen LogP contribution in [0.2, 0.25) is 0 Å². The van der Waals surface area contributed by atoms with E-state index in [1.54, 1.807) is 0 Å². The minimum absolute atomic E-state index is 0.0457. The van der Waals surface area contributed by atoms with Gasteiger partial charge in [0.1, 0.15) is 22.0 Å². The molecule has 0 unspecified atom stereocenters. The van der Waals surface area contributed by atoms with Gasteiger partial charge in [0.05, 0.1) is 33.2 Å². The van der Waals surface area contributed by atoms with Crippen LogP contribution in [0.15, 0.2) is 67.4 Å². The smallest absolute Gasteiger partial charge is 0.397 e. The lowest BCUT2D eigenvalue weighted by molar-refractivity contribution is 0.284. The van der Waals surface area contributed by atoms with Gasteiger partial charge in [-0.15, -0.1) is 10.2 Å². The van der Waals surface area contributed by atoms with E-state index in [1.165, 1.54) is 12.1 Å². The molecule has 20 heteroatoms. The predicted octanol–water partition coefficient (Wildman–Crippen LogP) is 1.63. The Balaban J connectivity index is 2.10. The lowest BCUT2D eigenvalue weighted by Gasteiger charge is -2.10. The van der Waals surface area contributed by atoms with E-state index in [2.05, 4.69) is 14.4 Å². The summed E-state index contributed by atoms with van der Waals surface area (Å²) in [4.78, 5) is -2.33. The number of sulfone groups is 1. The van der Waals surface area contributed by atoms with E-state index in [4.69, 9.17) is 10.3 Å². The zero-order valence-corrected chi connectivity index (χ0v) is 21.8. The Morgan fingerprint density at radius 1 is 0.789 bits per heavy atom. The van der Waals surface area contributed by atoms with Crippen molar-refractivity contribution in [3.63, 3.8) is 0 Å². The van der Waals surface area contributed by atoms with Crippen molar-refractivity contribution in [2.75, 3.05) is 18.1 Å². The lowest BCUT2D eigenvalue weighted by atomic mass is 10.1. The van der Waals surface area contributed by atoms with Crippen molar-refractivity contribution in [1.29, 1.82) is 0 Å². The van der Waals surface area contributed by atoms with Gasteiger partial charge < -0.3 is 10.8 Å². The highest BCUT2D eigenvalue weighted by Crippen LogP contribution is 2.41. The summed E-state index contributed by atoms with van der Waals surface area (Å²) < 4.78 is 124. The molecule has 0 radical (unpaired) electrons. The van der Waals surface area contributed by atoms with Crippen molar-refractivity contribution in [2.24, 2.45) is 10.2 Å². The lowest BCUT2D eigenvalue weighted by Crippen LogP contribution is -2.16. The number of nitrogens with zero attached hydrogens (tertiary/aromatic N) is 2. The van der Waals surface area contributed by atoms with Crippen LogP contribution >= 0.6 is 0 Å². The van der Waals surface area contributed by atoms with Crippen LogP contribution < -0.4 is 5.73 Å².